The third-order valence-corrected chi connectivity index (χ3v) is 4.83. The van der Waals surface area contributed by atoms with E-state index in [9.17, 15) is 39.6 Å². The highest BCUT2D eigenvalue weighted by atomic mass is 32.2. The molecule has 3 N–H and O–H groups in total. The summed E-state index contributed by atoms with van der Waals surface area (Å²) in [5.74, 6) is -0.756. The van der Waals surface area contributed by atoms with Crippen molar-refractivity contribution in [1.29, 1.82) is 0 Å². The minimum Gasteiger partial charge on any atom is -0.476 e. The van der Waals surface area contributed by atoms with Gasteiger partial charge >= 0.3 is 18.4 Å². The van der Waals surface area contributed by atoms with E-state index >= 15 is 0 Å². The molecule has 32 heavy (non-hydrogen) atoms. The fraction of sp³-hybridized carbons (Fsp3) is 0.312. The molecule has 0 saturated carbocycles. The van der Waals surface area contributed by atoms with Crippen LogP contribution in [0.4, 0.5) is 42.6 Å². The third-order valence-electron chi connectivity index (χ3n) is 3.46. The van der Waals surface area contributed by atoms with E-state index in [0.717, 1.165) is 12.3 Å². The van der Waals surface area contributed by atoms with Crippen LogP contribution >= 0.6 is 0 Å². The van der Waals surface area contributed by atoms with Gasteiger partial charge in [-0.15, -0.1) is 0 Å². The Hall–Kier alpha value is -3.14. The van der Waals surface area contributed by atoms with E-state index in [2.05, 4.69) is 15.3 Å². The number of carbonyl (C=O) groups is 1. The lowest BCUT2D eigenvalue weighted by atomic mass is 10.2. The van der Waals surface area contributed by atoms with Crippen LogP contribution in [0.15, 0.2) is 35.5 Å². The van der Waals surface area contributed by atoms with Crippen LogP contribution in [0.25, 0.3) is 0 Å². The van der Waals surface area contributed by atoms with Gasteiger partial charge in [-0.05, 0) is 25.1 Å². The van der Waals surface area contributed by atoms with Gasteiger partial charge in [0.05, 0.1) is 18.4 Å². The van der Waals surface area contributed by atoms with E-state index in [0.29, 0.717) is 18.3 Å². The first kappa shape index (κ1) is 25.1. The number of hydrogen-bond acceptors (Lipinski definition) is 6. The maximum Gasteiger partial charge on any atom is 0.416 e. The highest BCUT2D eigenvalue weighted by Crippen LogP contribution is 2.30. The van der Waals surface area contributed by atoms with Crippen molar-refractivity contribution in [2.45, 2.75) is 24.2 Å². The number of aromatic nitrogens is 2. The zero-order valence-corrected chi connectivity index (χ0v) is 16.8. The molecule has 0 bridgehead atoms. The highest BCUT2D eigenvalue weighted by molar-refractivity contribution is 7.89. The average Bonchev–Trinajstić information content (AvgIpc) is 2.67. The summed E-state index contributed by atoms with van der Waals surface area (Å²) in [6.45, 7) is -0.280. The number of nitrogens with one attached hydrogen (secondary N) is 3. The van der Waals surface area contributed by atoms with Crippen LogP contribution < -0.4 is 20.1 Å². The molecule has 0 fully saturated rings. The number of pyridine rings is 2. The lowest BCUT2D eigenvalue weighted by Crippen LogP contribution is -2.33. The second kappa shape index (κ2) is 9.56. The Bertz CT molecular complexity index is 1080. The second-order valence-corrected chi connectivity index (χ2v) is 7.67. The first-order valence-electron chi connectivity index (χ1n) is 8.52. The summed E-state index contributed by atoms with van der Waals surface area (Å²) in [6.07, 6.45) is -7.98. The molecule has 0 saturated heterocycles. The van der Waals surface area contributed by atoms with Gasteiger partial charge in [0.2, 0.25) is 15.9 Å². The normalized spacial score (nSPS) is 12.3. The van der Waals surface area contributed by atoms with Crippen LogP contribution in [-0.4, -0.2) is 43.7 Å². The molecule has 0 atom stereocenters. The Labute approximate surface area is 177 Å². The van der Waals surface area contributed by atoms with Crippen LogP contribution in [0.1, 0.15) is 12.5 Å². The summed E-state index contributed by atoms with van der Waals surface area (Å²) >= 11 is 0. The van der Waals surface area contributed by atoms with Crippen LogP contribution in [0.5, 0.6) is 5.88 Å². The molecular formula is C16H15F6N5O4S. The minimum absolute atomic E-state index is 0.0247. The van der Waals surface area contributed by atoms with Gasteiger partial charge in [-0.3, -0.25) is 5.32 Å². The van der Waals surface area contributed by atoms with Gasteiger partial charge in [0.15, 0.2) is 0 Å². The predicted octanol–water partition coefficient (Wildman–Crippen LogP) is 3.38. The molecule has 0 aliphatic heterocycles. The van der Waals surface area contributed by atoms with Crippen molar-refractivity contribution in [3.63, 3.8) is 0 Å². The minimum atomic E-state index is -4.81. The zero-order chi connectivity index (χ0) is 24.2. The van der Waals surface area contributed by atoms with Crippen LogP contribution in [-0.2, 0) is 16.2 Å². The maximum atomic E-state index is 12.8. The number of halogens is 6. The van der Waals surface area contributed by atoms with Crippen molar-refractivity contribution in [2.75, 3.05) is 23.8 Å². The molecule has 2 heterocycles. The summed E-state index contributed by atoms with van der Waals surface area (Å²) in [5.41, 5.74) is -1.45. The number of carbonyl (C=O) groups excluding carboxylic acids is 1. The van der Waals surface area contributed by atoms with Gasteiger partial charge in [0, 0.05) is 6.20 Å². The summed E-state index contributed by atoms with van der Waals surface area (Å²) < 4.78 is 106. The van der Waals surface area contributed by atoms with Crippen molar-refractivity contribution in [3.8, 4) is 5.88 Å². The molecule has 0 radical (unpaired) electrons. The number of alkyl halides is 6. The molecule has 16 heteroatoms. The molecule has 2 aromatic rings. The Morgan fingerprint density at radius 1 is 1.09 bits per heavy atom. The SMILES string of the molecule is CCOc1ncc(S(=O)(=O)NCC(F)(F)F)cc1NC(=O)Nc1cc(C(F)(F)F)ccn1. The molecule has 9 nitrogen and oxygen atoms in total. The van der Waals surface area contributed by atoms with Crippen molar-refractivity contribution in [2.24, 2.45) is 0 Å². The number of anilines is 2. The largest absolute Gasteiger partial charge is 0.476 e. The van der Waals surface area contributed by atoms with Crippen molar-refractivity contribution >= 4 is 27.6 Å². The zero-order valence-electron chi connectivity index (χ0n) is 16.0. The van der Waals surface area contributed by atoms with Crippen molar-refractivity contribution in [3.05, 3.63) is 36.2 Å². The number of sulfonamides is 1. The van der Waals surface area contributed by atoms with E-state index < -0.39 is 51.2 Å². The van der Waals surface area contributed by atoms with Gasteiger partial charge in [0.25, 0.3) is 0 Å². The van der Waals surface area contributed by atoms with E-state index in [1.54, 1.807) is 0 Å². The highest BCUT2D eigenvalue weighted by Gasteiger charge is 2.31. The number of nitrogens with zero attached hydrogens (tertiary/aromatic N) is 2. The number of rotatable bonds is 7. The molecule has 2 aromatic heterocycles. The Kier molecular flexibility index (Phi) is 7.50. The number of hydrogen-bond donors (Lipinski definition) is 3. The lowest BCUT2D eigenvalue weighted by Gasteiger charge is -2.14. The van der Waals surface area contributed by atoms with Gasteiger partial charge < -0.3 is 10.1 Å². The lowest BCUT2D eigenvalue weighted by molar-refractivity contribution is -0.137. The number of ether oxygens (including phenoxy) is 1. The first-order chi connectivity index (χ1) is 14.7. The summed E-state index contributed by atoms with van der Waals surface area (Å²) in [4.78, 5) is 18.7. The molecule has 0 unspecified atom stereocenters. The molecular weight excluding hydrogens is 472 g/mol. The van der Waals surface area contributed by atoms with Crippen LogP contribution in [0.3, 0.4) is 0 Å². The number of urea groups is 1. The fourth-order valence-corrected chi connectivity index (χ4v) is 3.11. The average molecular weight is 487 g/mol. The third kappa shape index (κ3) is 7.23. The van der Waals surface area contributed by atoms with E-state index in [1.165, 1.54) is 11.6 Å². The van der Waals surface area contributed by atoms with Gasteiger partial charge in [-0.2, -0.15) is 26.3 Å². The predicted molar refractivity (Wildman–Crippen MR) is 98.5 cm³/mol. The molecule has 0 aliphatic rings. The summed E-state index contributed by atoms with van der Waals surface area (Å²) in [6, 6.07) is 0.874. The van der Waals surface area contributed by atoms with E-state index in [1.807, 2.05) is 5.32 Å². The number of amides is 2. The van der Waals surface area contributed by atoms with Gasteiger partial charge in [-0.25, -0.2) is 27.9 Å². The molecule has 2 amide bonds. The second-order valence-electron chi connectivity index (χ2n) is 5.90. The van der Waals surface area contributed by atoms with Gasteiger partial charge in [-0.1, -0.05) is 0 Å². The molecule has 0 aromatic carbocycles. The Balaban J connectivity index is 2.25. The fourth-order valence-electron chi connectivity index (χ4n) is 2.13. The van der Waals surface area contributed by atoms with Crippen molar-refractivity contribution < 1.29 is 44.3 Å². The molecule has 2 rings (SSSR count). The molecule has 0 aliphatic carbocycles. The van der Waals surface area contributed by atoms with Crippen LogP contribution in [0.2, 0.25) is 0 Å². The van der Waals surface area contributed by atoms with Gasteiger partial charge in [0.1, 0.15) is 22.9 Å². The quantitative estimate of drug-likeness (QED) is 0.515. The molecule has 0 spiro atoms. The Morgan fingerprint density at radius 3 is 2.38 bits per heavy atom. The van der Waals surface area contributed by atoms with Crippen LogP contribution in [0, 0.1) is 0 Å². The maximum absolute atomic E-state index is 12.8. The smallest absolute Gasteiger partial charge is 0.416 e. The summed E-state index contributed by atoms with van der Waals surface area (Å²) in [7, 11) is -4.66. The van der Waals surface area contributed by atoms with E-state index in [-0.39, 0.29) is 18.2 Å². The topological polar surface area (TPSA) is 122 Å². The summed E-state index contributed by atoms with van der Waals surface area (Å²) in [5, 5.41) is 4.13. The standard InChI is InChI=1S/C16H15F6N5O4S/c1-2-31-13-11(6-10(7-24-13)32(29,30)25-8-15(17,18)19)26-14(28)27-12-5-9(3-4-23-12)16(20,21)22/h3-7,25H,2,8H2,1H3,(H2,23,26,27,28). The van der Waals surface area contributed by atoms with Crippen molar-refractivity contribution in [1.82, 2.24) is 14.7 Å². The van der Waals surface area contributed by atoms with E-state index in [4.69, 9.17) is 4.74 Å². The first-order valence-corrected chi connectivity index (χ1v) is 10.00. The molecule has 176 valence electrons. The Morgan fingerprint density at radius 2 is 1.78 bits per heavy atom. The monoisotopic (exact) mass is 487 g/mol.